The molecule has 0 unspecified atom stereocenters. The third kappa shape index (κ3) is 3.76. The summed E-state index contributed by atoms with van der Waals surface area (Å²) in [7, 11) is 4.29. The first kappa shape index (κ1) is 20.0. The van der Waals surface area contributed by atoms with Crippen LogP contribution in [0.15, 0.2) is 29.8 Å². The van der Waals surface area contributed by atoms with Crippen molar-refractivity contribution < 1.29 is 5.11 Å². The average Bonchev–Trinajstić information content (AvgIpc) is 3.00. The van der Waals surface area contributed by atoms with Crippen molar-refractivity contribution in [2.75, 3.05) is 33.7 Å². The lowest BCUT2D eigenvalue weighted by molar-refractivity contribution is 0.0812. The Bertz CT molecular complexity index is 725. The average molecular weight is 383 g/mol. The van der Waals surface area contributed by atoms with Crippen molar-refractivity contribution in [2.24, 2.45) is 17.3 Å². The first-order chi connectivity index (χ1) is 13.5. The molecule has 0 amide bonds. The predicted octanol–water partition coefficient (Wildman–Crippen LogP) is 4.72. The van der Waals surface area contributed by atoms with Gasteiger partial charge in [0.05, 0.1) is 0 Å². The van der Waals surface area contributed by atoms with Crippen LogP contribution in [0.3, 0.4) is 0 Å². The summed E-state index contributed by atoms with van der Waals surface area (Å²) in [4.78, 5) is 2.25. The molecule has 154 valence electrons. The van der Waals surface area contributed by atoms with Crippen LogP contribution >= 0.6 is 0 Å². The zero-order chi connectivity index (χ0) is 19.7. The molecule has 3 heteroatoms. The fraction of sp³-hybridized carbons (Fsp3) is 0.680. The summed E-state index contributed by atoms with van der Waals surface area (Å²) in [6.07, 6.45) is 11.5. The van der Waals surface area contributed by atoms with Gasteiger partial charge in [-0.25, -0.2) is 0 Å². The predicted molar refractivity (Wildman–Crippen MR) is 117 cm³/mol. The number of hydrogen-bond acceptors (Lipinski definition) is 3. The van der Waals surface area contributed by atoms with Gasteiger partial charge in [-0.1, -0.05) is 24.6 Å². The maximum absolute atomic E-state index is 9.86. The van der Waals surface area contributed by atoms with E-state index in [0.717, 1.165) is 37.9 Å². The van der Waals surface area contributed by atoms with Crippen LogP contribution in [-0.4, -0.2) is 43.7 Å². The zero-order valence-electron chi connectivity index (χ0n) is 18.0. The minimum atomic E-state index is 0.418. The zero-order valence-corrected chi connectivity index (χ0v) is 18.0. The van der Waals surface area contributed by atoms with Crippen LogP contribution in [0.5, 0.6) is 5.75 Å². The summed E-state index contributed by atoms with van der Waals surface area (Å²) in [5, 5.41) is 13.5. The van der Waals surface area contributed by atoms with Crippen LogP contribution in [0.25, 0.3) is 0 Å². The monoisotopic (exact) mass is 382 g/mol. The highest BCUT2D eigenvalue weighted by Gasteiger charge is 2.52. The molecule has 4 rings (SSSR count). The summed E-state index contributed by atoms with van der Waals surface area (Å²) in [6.45, 7) is 5.86. The molecule has 2 N–H and O–H groups in total. The minimum Gasteiger partial charge on any atom is -0.508 e. The van der Waals surface area contributed by atoms with E-state index in [1.807, 2.05) is 12.1 Å². The second kappa shape index (κ2) is 8.20. The molecule has 0 spiro atoms. The van der Waals surface area contributed by atoms with Gasteiger partial charge in [-0.05, 0) is 119 Å². The lowest BCUT2D eigenvalue weighted by Gasteiger charge is -2.49. The van der Waals surface area contributed by atoms with Crippen LogP contribution < -0.4 is 5.32 Å². The molecule has 3 aliphatic carbocycles. The van der Waals surface area contributed by atoms with Gasteiger partial charge in [0.25, 0.3) is 0 Å². The van der Waals surface area contributed by atoms with Gasteiger partial charge in [-0.15, -0.1) is 0 Å². The molecule has 28 heavy (non-hydrogen) atoms. The minimum absolute atomic E-state index is 0.418. The highest BCUT2D eigenvalue weighted by Crippen LogP contribution is 2.62. The molecular weight excluding hydrogens is 344 g/mol. The molecule has 0 bridgehead atoms. The van der Waals surface area contributed by atoms with E-state index in [4.69, 9.17) is 0 Å². The number of aromatic hydroxyl groups is 1. The second-order valence-electron chi connectivity index (χ2n) is 9.88. The SMILES string of the molecule is CN(C)CCCNCC=C1CC[C@H]2[C@@H]3CCc4cc(O)ccc4[C@H]3CC[C@]12C. The Kier molecular flexibility index (Phi) is 5.85. The van der Waals surface area contributed by atoms with Crippen molar-refractivity contribution in [1.29, 1.82) is 0 Å². The lowest BCUT2D eigenvalue weighted by Crippen LogP contribution is -2.40. The van der Waals surface area contributed by atoms with Crippen LogP contribution in [-0.2, 0) is 6.42 Å². The molecule has 0 aliphatic heterocycles. The standard InChI is InChI=1S/C25H38N2O/c1-25-13-11-22-21-9-7-20(28)17-18(21)5-8-23(22)24(25)10-6-19(25)12-15-26-14-4-16-27(2)3/h7,9,12,17,22-24,26,28H,4-6,8,10-11,13-16H2,1-3H3/t22-,23-,24+,25-/m1/s1. The van der Waals surface area contributed by atoms with Gasteiger partial charge < -0.3 is 15.3 Å². The first-order valence-electron chi connectivity index (χ1n) is 11.4. The Labute approximate surface area is 171 Å². The molecule has 3 aliphatic rings. The number of nitrogens with one attached hydrogen (secondary N) is 1. The van der Waals surface area contributed by atoms with Crippen molar-refractivity contribution in [1.82, 2.24) is 10.2 Å². The molecule has 2 saturated carbocycles. The number of rotatable bonds is 6. The maximum atomic E-state index is 9.86. The fourth-order valence-corrected chi connectivity index (χ4v) is 6.57. The van der Waals surface area contributed by atoms with E-state index in [2.05, 4.69) is 43.4 Å². The molecule has 0 saturated heterocycles. The Morgan fingerprint density at radius 1 is 1.21 bits per heavy atom. The molecule has 0 radical (unpaired) electrons. The molecule has 1 aromatic rings. The molecule has 1 aromatic carbocycles. The van der Waals surface area contributed by atoms with Crippen LogP contribution in [0.4, 0.5) is 0 Å². The normalized spacial score (nSPS) is 33.0. The molecular formula is C25H38N2O. The van der Waals surface area contributed by atoms with Gasteiger partial charge in [0.1, 0.15) is 5.75 Å². The Morgan fingerprint density at radius 3 is 2.89 bits per heavy atom. The van der Waals surface area contributed by atoms with E-state index >= 15 is 0 Å². The summed E-state index contributed by atoms with van der Waals surface area (Å²) in [5.41, 5.74) is 5.09. The number of allylic oxidation sites excluding steroid dienone is 1. The number of nitrogens with zero attached hydrogens (tertiary/aromatic N) is 1. The first-order valence-corrected chi connectivity index (χ1v) is 11.4. The van der Waals surface area contributed by atoms with E-state index < -0.39 is 0 Å². The smallest absolute Gasteiger partial charge is 0.115 e. The van der Waals surface area contributed by atoms with Gasteiger partial charge in [-0.3, -0.25) is 0 Å². The van der Waals surface area contributed by atoms with Gasteiger partial charge in [-0.2, -0.15) is 0 Å². The number of hydrogen-bond donors (Lipinski definition) is 2. The highest BCUT2D eigenvalue weighted by molar-refractivity contribution is 5.40. The largest absolute Gasteiger partial charge is 0.508 e. The fourth-order valence-electron chi connectivity index (χ4n) is 6.57. The van der Waals surface area contributed by atoms with Gasteiger partial charge in [0.15, 0.2) is 0 Å². The lowest BCUT2D eigenvalue weighted by atomic mass is 9.55. The van der Waals surface area contributed by atoms with Crippen molar-refractivity contribution in [3.05, 3.63) is 41.0 Å². The van der Waals surface area contributed by atoms with Crippen molar-refractivity contribution in [2.45, 2.75) is 57.8 Å². The maximum Gasteiger partial charge on any atom is 0.115 e. The summed E-state index contributed by atoms with van der Waals surface area (Å²) >= 11 is 0. The van der Waals surface area contributed by atoms with Crippen molar-refractivity contribution >= 4 is 0 Å². The van der Waals surface area contributed by atoms with E-state index in [0.29, 0.717) is 17.1 Å². The molecule has 3 nitrogen and oxygen atoms in total. The number of phenolic OH excluding ortho intramolecular Hbond substituents is 1. The topological polar surface area (TPSA) is 35.5 Å². The third-order valence-electron chi connectivity index (χ3n) is 8.01. The van der Waals surface area contributed by atoms with Gasteiger partial charge in [0.2, 0.25) is 0 Å². The molecule has 0 heterocycles. The second-order valence-corrected chi connectivity index (χ2v) is 9.88. The molecule has 2 fully saturated rings. The quantitative estimate of drug-likeness (QED) is 0.552. The van der Waals surface area contributed by atoms with E-state index in [1.165, 1.54) is 49.7 Å². The van der Waals surface area contributed by atoms with Crippen LogP contribution in [0.2, 0.25) is 0 Å². The third-order valence-corrected chi connectivity index (χ3v) is 8.01. The van der Waals surface area contributed by atoms with Crippen LogP contribution in [0, 0.1) is 17.3 Å². The number of fused-ring (bicyclic) bond motifs is 5. The highest BCUT2D eigenvalue weighted by atomic mass is 16.3. The van der Waals surface area contributed by atoms with Crippen molar-refractivity contribution in [3.8, 4) is 5.75 Å². The van der Waals surface area contributed by atoms with E-state index in [1.54, 1.807) is 5.57 Å². The van der Waals surface area contributed by atoms with Gasteiger partial charge in [0, 0.05) is 6.54 Å². The van der Waals surface area contributed by atoms with Crippen molar-refractivity contribution in [3.63, 3.8) is 0 Å². The number of phenols is 1. The van der Waals surface area contributed by atoms with E-state index in [-0.39, 0.29) is 0 Å². The summed E-state index contributed by atoms with van der Waals surface area (Å²) in [5.74, 6) is 2.82. The Balaban J connectivity index is 1.41. The number of aryl methyl sites for hydroxylation is 1. The molecule has 0 aromatic heterocycles. The molecule has 4 atom stereocenters. The van der Waals surface area contributed by atoms with Gasteiger partial charge >= 0.3 is 0 Å². The van der Waals surface area contributed by atoms with Crippen LogP contribution in [0.1, 0.15) is 62.5 Å². The Morgan fingerprint density at radius 2 is 2.07 bits per heavy atom. The Hall–Kier alpha value is -1.32. The summed E-state index contributed by atoms with van der Waals surface area (Å²) < 4.78 is 0. The number of benzene rings is 1. The van der Waals surface area contributed by atoms with E-state index in [9.17, 15) is 5.11 Å². The summed E-state index contributed by atoms with van der Waals surface area (Å²) in [6, 6.07) is 6.13.